The van der Waals surface area contributed by atoms with Gasteiger partial charge >= 0.3 is 12.5 Å². The van der Waals surface area contributed by atoms with Gasteiger partial charge in [0.25, 0.3) is 0 Å². The summed E-state index contributed by atoms with van der Waals surface area (Å²) in [6, 6.07) is 16.6. The molecule has 2 aliphatic heterocycles. The summed E-state index contributed by atoms with van der Waals surface area (Å²) in [6.45, 7) is 5.77. The van der Waals surface area contributed by atoms with Crippen LogP contribution in [0.4, 0.5) is 23.8 Å². The number of hydrogen-bond acceptors (Lipinski definition) is 6. The zero-order valence-corrected chi connectivity index (χ0v) is 22.9. The van der Waals surface area contributed by atoms with Crippen molar-refractivity contribution in [2.24, 2.45) is 0 Å². The number of benzene rings is 2. The highest BCUT2D eigenvalue weighted by molar-refractivity contribution is 7.19. The largest absolute Gasteiger partial charge is 0.573 e. The highest BCUT2D eigenvalue weighted by Gasteiger charge is 2.41. The van der Waals surface area contributed by atoms with Crippen molar-refractivity contribution in [1.29, 1.82) is 0 Å². The molecule has 206 valence electrons. The monoisotopic (exact) mass is 559 g/mol. The molecule has 2 saturated heterocycles. The van der Waals surface area contributed by atoms with Gasteiger partial charge in [0, 0.05) is 29.4 Å². The lowest BCUT2D eigenvalue weighted by Crippen LogP contribution is -2.56. The van der Waals surface area contributed by atoms with Gasteiger partial charge < -0.3 is 19.1 Å². The van der Waals surface area contributed by atoms with E-state index in [1.54, 1.807) is 25.0 Å². The SMILES string of the molecule is COc1ccccc1-c1ccc(N2CC(C)(P)C2)nc1CN1C(=O)OC(c2cccc(OC(F)(F)F)c2)C1C. The minimum Gasteiger partial charge on any atom is -0.496 e. The maximum Gasteiger partial charge on any atom is 0.573 e. The Morgan fingerprint density at radius 2 is 1.85 bits per heavy atom. The third kappa shape index (κ3) is 5.76. The Labute approximate surface area is 227 Å². The number of cyclic esters (lactones) is 1. The van der Waals surface area contributed by atoms with Crippen LogP contribution in [0.5, 0.6) is 11.5 Å². The molecule has 0 saturated carbocycles. The zero-order valence-electron chi connectivity index (χ0n) is 21.7. The second-order valence-corrected chi connectivity index (χ2v) is 11.6. The van der Waals surface area contributed by atoms with E-state index in [1.807, 2.05) is 36.4 Å². The highest BCUT2D eigenvalue weighted by atomic mass is 31.0. The van der Waals surface area contributed by atoms with Gasteiger partial charge in [-0.25, -0.2) is 9.78 Å². The number of carbonyl (C=O) groups is 1. The van der Waals surface area contributed by atoms with Crippen molar-refractivity contribution in [2.45, 2.75) is 44.1 Å². The van der Waals surface area contributed by atoms with Crippen LogP contribution in [0.2, 0.25) is 0 Å². The number of nitrogens with zero attached hydrogens (tertiary/aromatic N) is 3. The summed E-state index contributed by atoms with van der Waals surface area (Å²) in [5, 5.41) is 0.119. The number of hydrogen-bond donors (Lipinski definition) is 0. The number of halogens is 3. The lowest BCUT2D eigenvalue weighted by atomic mass is 9.99. The first-order valence-electron chi connectivity index (χ1n) is 12.4. The third-order valence-electron chi connectivity index (χ3n) is 6.92. The molecule has 11 heteroatoms. The van der Waals surface area contributed by atoms with Crippen LogP contribution in [0.1, 0.15) is 31.2 Å². The summed E-state index contributed by atoms with van der Waals surface area (Å²) < 4.78 is 53.5. The number of methoxy groups -OCH3 is 1. The van der Waals surface area contributed by atoms with E-state index in [-0.39, 0.29) is 17.5 Å². The molecule has 3 heterocycles. The van der Waals surface area contributed by atoms with E-state index in [0.717, 1.165) is 30.0 Å². The van der Waals surface area contributed by atoms with Crippen molar-refractivity contribution in [2.75, 3.05) is 25.1 Å². The Hall–Kier alpha value is -3.52. The molecule has 7 nitrogen and oxygen atoms in total. The van der Waals surface area contributed by atoms with Gasteiger partial charge in [0.15, 0.2) is 0 Å². The molecule has 0 N–H and O–H groups in total. The number of aromatic nitrogens is 1. The van der Waals surface area contributed by atoms with E-state index in [2.05, 4.69) is 25.8 Å². The second kappa shape index (κ2) is 10.2. The smallest absolute Gasteiger partial charge is 0.496 e. The molecule has 2 aliphatic rings. The summed E-state index contributed by atoms with van der Waals surface area (Å²) in [7, 11) is 4.46. The molecular formula is C28H29F3N3O4P. The van der Waals surface area contributed by atoms with Crippen molar-refractivity contribution >= 4 is 21.2 Å². The average Bonchev–Trinajstić information content (AvgIpc) is 3.15. The molecule has 0 aliphatic carbocycles. The molecular weight excluding hydrogens is 530 g/mol. The fourth-order valence-corrected chi connectivity index (χ4v) is 5.54. The van der Waals surface area contributed by atoms with E-state index >= 15 is 0 Å². The number of pyridine rings is 1. The van der Waals surface area contributed by atoms with Gasteiger partial charge in [-0.1, -0.05) is 37.3 Å². The number of ether oxygens (including phenoxy) is 3. The third-order valence-corrected chi connectivity index (χ3v) is 7.28. The first-order valence-corrected chi connectivity index (χ1v) is 13.0. The molecule has 2 aromatic carbocycles. The molecule has 3 atom stereocenters. The molecule has 2 fully saturated rings. The lowest BCUT2D eigenvalue weighted by Gasteiger charge is -2.46. The Morgan fingerprint density at radius 3 is 2.54 bits per heavy atom. The van der Waals surface area contributed by atoms with Crippen molar-refractivity contribution in [3.05, 3.63) is 71.9 Å². The predicted octanol–water partition coefficient (Wildman–Crippen LogP) is 6.19. The normalized spacial score (nSPS) is 20.4. The number of para-hydroxylation sites is 1. The van der Waals surface area contributed by atoms with Crippen molar-refractivity contribution in [1.82, 2.24) is 9.88 Å². The number of carbonyl (C=O) groups excluding carboxylic acids is 1. The first-order chi connectivity index (χ1) is 18.4. The second-order valence-electron chi connectivity index (χ2n) is 10.2. The number of anilines is 1. The first kappa shape index (κ1) is 27.1. The predicted molar refractivity (Wildman–Crippen MR) is 144 cm³/mol. The van der Waals surface area contributed by atoms with E-state index < -0.39 is 24.6 Å². The summed E-state index contributed by atoms with van der Waals surface area (Å²) in [6.07, 6.45) is -6.17. The summed E-state index contributed by atoms with van der Waals surface area (Å²) >= 11 is 0. The van der Waals surface area contributed by atoms with Crippen molar-refractivity contribution < 1.29 is 32.2 Å². The molecule has 3 unspecified atom stereocenters. The molecule has 0 radical (unpaired) electrons. The van der Waals surface area contributed by atoms with Gasteiger partial charge in [-0.15, -0.1) is 22.4 Å². The van der Waals surface area contributed by atoms with Crippen molar-refractivity contribution in [3.63, 3.8) is 0 Å². The zero-order chi connectivity index (χ0) is 27.9. The maximum atomic E-state index is 13.1. The number of rotatable bonds is 7. The van der Waals surface area contributed by atoms with Crippen LogP contribution in [0, 0.1) is 0 Å². The van der Waals surface area contributed by atoms with E-state index in [1.165, 1.54) is 18.2 Å². The fourth-order valence-electron chi connectivity index (χ4n) is 5.10. The van der Waals surface area contributed by atoms with Crippen LogP contribution < -0.4 is 14.4 Å². The molecule has 0 bridgehead atoms. The van der Waals surface area contributed by atoms with Crippen LogP contribution >= 0.6 is 9.24 Å². The number of alkyl halides is 3. The van der Waals surface area contributed by atoms with Gasteiger partial charge in [-0.05, 0) is 42.8 Å². The minimum atomic E-state index is -4.82. The molecule has 1 amide bonds. The molecule has 3 aromatic rings. The molecule has 0 spiro atoms. The van der Waals surface area contributed by atoms with E-state index in [0.29, 0.717) is 17.0 Å². The van der Waals surface area contributed by atoms with Crippen molar-refractivity contribution in [3.8, 4) is 22.6 Å². The van der Waals surface area contributed by atoms with Gasteiger partial charge in [0.2, 0.25) is 0 Å². The summed E-state index contributed by atoms with van der Waals surface area (Å²) in [4.78, 5) is 21.7. The highest BCUT2D eigenvalue weighted by Crippen LogP contribution is 2.39. The van der Waals surface area contributed by atoms with Gasteiger partial charge in [0.1, 0.15) is 23.4 Å². The van der Waals surface area contributed by atoms with E-state index in [4.69, 9.17) is 14.5 Å². The van der Waals surface area contributed by atoms with Crippen LogP contribution in [-0.2, 0) is 11.3 Å². The van der Waals surface area contributed by atoms with Crippen LogP contribution in [-0.4, -0.2) is 53.7 Å². The van der Waals surface area contributed by atoms with Crippen LogP contribution in [0.15, 0.2) is 60.7 Å². The Kier molecular flexibility index (Phi) is 7.10. The van der Waals surface area contributed by atoms with Gasteiger partial charge in [-0.2, -0.15) is 0 Å². The molecule has 1 aromatic heterocycles. The summed E-state index contributed by atoms with van der Waals surface area (Å²) in [5.41, 5.74) is 2.72. The Balaban J connectivity index is 1.46. The quantitative estimate of drug-likeness (QED) is 0.322. The van der Waals surface area contributed by atoms with Gasteiger partial charge in [-0.3, -0.25) is 4.90 Å². The minimum absolute atomic E-state index is 0.119. The lowest BCUT2D eigenvalue weighted by molar-refractivity contribution is -0.274. The standard InChI is InChI=1S/C28H29F3N3O4P/c1-17-25(18-7-6-8-19(13-18)38-28(29,30)31)37-26(35)34(17)14-22-20(21-9-4-5-10-23(21)36-3)11-12-24(32-22)33-15-27(2,39)16-33/h4-13,17,25H,14-16,39H2,1-3H3. The fraction of sp³-hybridized carbons (Fsp3) is 0.357. The Bertz CT molecular complexity index is 1380. The average molecular weight is 560 g/mol. The van der Waals surface area contributed by atoms with E-state index in [9.17, 15) is 18.0 Å². The topological polar surface area (TPSA) is 64.1 Å². The van der Waals surface area contributed by atoms with Gasteiger partial charge in [0.05, 0.1) is 25.4 Å². The Morgan fingerprint density at radius 1 is 1.10 bits per heavy atom. The van der Waals surface area contributed by atoms with Crippen LogP contribution in [0.25, 0.3) is 11.1 Å². The summed E-state index contributed by atoms with van der Waals surface area (Å²) in [5.74, 6) is 1.11. The maximum absolute atomic E-state index is 13.1. The van der Waals surface area contributed by atoms with Crippen LogP contribution in [0.3, 0.4) is 0 Å². The molecule has 5 rings (SSSR count). The number of amides is 1. The molecule has 39 heavy (non-hydrogen) atoms.